The molecule has 12 heavy (non-hydrogen) atoms. The van der Waals surface area contributed by atoms with Gasteiger partial charge in [0.05, 0.1) is 20.3 Å². The molecule has 0 radical (unpaired) electrons. The van der Waals surface area contributed by atoms with Gasteiger partial charge >= 0.3 is 0 Å². The summed E-state index contributed by atoms with van der Waals surface area (Å²) < 4.78 is 13.9. The molecule has 0 unspecified atom stereocenters. The van der Waals surface area contributed by atoms with E-state index in [1.165, 1.54) is 7.11 Å². The lowest BCUT2D eigenvalue weighted by atomic mass is 10.7. The molecular formula is C8H18O4. The highest BCUT2D eigenvalue weighted by atomic mass is 16.5. The van der Waals surface area contributed by atoms with Crippen molar-refractivity contribution in [3.05, 3.63) is 0 Å². The summed E-state index contributed by atoms with van der Waals surface area (Å²) in [5.41, 5.74) is 0. The Hall–Kier alpha value is -0.610. The molecule has 0 aliphatic rings. The predicted octanol–water partition coefficient (Wildman–Crippen LogP) is 0.849. The Bertz CT molecular complexity index is 69.5. The second kappa shape index (κ2) is 16.8. The van der Waals surface area contributed by atoms with Crippen LogP contribution in [0.15, 0.2) is 0 Å². The van der Waals surface area contributed by atoms with Crippen LogP contribution >= 0.6 is 0 Å². The van der Waals surface area contributed by atoms with Crippen LogP contribution in [0.25, 0.3) is 0 Å². The van der Waals surface area contributed by atoms with Crippen molar-refractivity contribution in [2.75, 3.05) is 33.5 Å². The topological polar surface area (TPSA) is 44.8 Å². The molecule has 0 aromatic carbocycles. The summed E-state index contributed by atoms with van der Waals surface area (Å²) in [4.78, 5) is 8.95. The van der Waals surface area contributed by atoms with Gasteiger partial charge in [0.15, 0.2) is 0 Å². The lowest BCUT2D eigenvalue weighted by Gasteiger charge is -1.99. The first-order valence-corrected chi connectivity index (χ1v) is 3.95. The first-order valence-electron chi connectivity index (χ1n) is 3.95. The lowest BCUT2D eigenvalue weighted by Crippen LogP contribution is -2.02. The van der Waals surface area contributed by atoms with E-state index in [1.54, 1.807) is 0 Å². The summed E-state index contributed by atoms with van der Waals surface area (Å²) in [5, 5.41) is 0. The van der Waals surface area contributed by atoms with Crippen molar-refractivity contribution in [1.29, 1.82) is 0 Å². The zero-order chi connectivity index (χ0) is 9.66. The molecule has 0 aliphatic carbocycles. The minimum absolute atomic E-state index is 0.375. The van der Waals surface area contributed by atoms with Crippen LogP contribution in [0.2, 0.25) is 0 Å². The summed E-state index contributed by atoms with van der Waals surface area (Å²) in [5.74, 6) is 0. The third-order valence-electron chi connectivity index (χ3n) is 0.876. The van der Waals surface area contributed by atoms with Gasteiger partial charge in [0.2, 0.25) is 0 Å². The number of carbonyl (C=O) groups is 1. The predicted molar refractivity (Wildman–Crippen MR) is 46.1 cm³/mol. The van der Waals surface area contributed by atoms with Crippen LogP contribution in [0.3, 0.4) is 0 Å². The second-order valence-electron chi connectivity index (χ2n) is 1.73. The average Bonchev–Trinajstić information content (AvgIpc) is 2.13. The fourth-order valence-corrected chi connectivity index (χ4v) is 0.407. The van der Waals surface area contributed by atoms with E-state index in [9.17, 15) is 0 Å². The van der Waals surface area contributed by atoms with E-state index in [1.807, 2.05) is 13.8 Å². The lowest BCUT2D eigenvalue weighted by molar-refractivity contribution is -0.126. The van der Waals surface area contributed by atoms with E-state index in [0.717, 1.165) is 26.4 Å². The average molecular weight is 178 g/mol. The summed E-state index contributed by atoms with van der Waals surface area (Å²) in [6.07, 6.45) is 0. The number of ether oxygens (including phenoxy) is 3. The van der Waals surface area contributed by atoms with Gasteiger partial charge in [0.1, 0.15) is 0 Å². The third-order valence-corrected chi connectivity index (χ3v) is 0.876. The molecule has 0 aliphatic heterocycles. The van der Waals surface area contributed by atoms with E-state index >= 15 is 0 Å². The first-order chi connectivity index (χ1) is 5.83. The molecule has 4 heteroatoms. The highest BCUT2D eigenvalue weighted by Gasteiger charge is 1.81. The molecule has 0 spiro atoms. The molecule has 0 bridgehead atoms. The van der Waals surface area contributed by atoms with E-state index < -0.39 is 0 Å². The summed E-state index contributed by atoms with van der Waals surface area (Å²) >= 11 is 0. The molecule has 0 N–H and O–H groups in total. The SMILES string of the molecule is CCOCCOCC.COC=O. The van der Waals surface area contributed by atoms with Crippen LogP contribution in [0.5, 0.6) is 0 Å². The zero-order valence-electron chi connectivity index (χ0n) is 8.04. The van der Waals surface area contributed by atoms with Crippen LogP contribution in [0, 0.1) is 0 Å². The Morgan fingerprint density at radius 3 is 1.58 bits per heavy atom. The molecule has 0 rings (SSSR count). The number of methoxy groups -OCH3 is 1. The first kappa shape index (κ1) is 13.9. The maximum atomic E-state index is 8.95. The minimum Gasteiger partial charge on any atom is -0.471 e. The minimum atomic E-state index is 0.375. The Morgan fingerprint density at radius 2 is 1.42 bits per heavy atom. The molecular weight excluding hydrogens is 160 g/mol. The van der Waals surface area contributed by atoms with Gasteiger partial charge in [-0.15, -0.1) is 0 Å². The molecule has 0 heterocycles. The van der Waals surface area contributed by atoms with Crippen LogP contribution in [-0.2, 0) is 19.0 Å². The fourth-order valence-electron chi connectivity index (χ4n) is 0.407. The van der Waals surface area contributed by atoms with Crippen LogP contribution < -0.4 is 0 Å². The maximum absolute atomic E-state index is 8.95. The van der Waals surface area contributed by atoms with Gasteiger partial charge in [-0.25, -0.2) is 0 Å². The van der Waals surface area contributed by atoms with E-state index in [4.69, 9.17) is 14.3 Å². The van der Waals surface area contributed by atoms with Crippen molar-refractivity contribution in [1.82, 2.24) is 0 Å². The fraction of sp³-hybridized carbons (Fsp3) is 0.875. The highest BCUT2D eigenvalue weighted by Crippen LogP contribution is 1.75. The zero-order valence-corrected chi connectivity index (χ0v) is 8.04. The van der Waals surface area contributed by atoms with Gasteiger partial charge in [0, 0.05) is 13.2 Å². The number of hydrogen-bond acceptors (Lipinski definition) is 4. The summed E-state index contributed by atoms with van der Waals surface area (Å²) in [6.45, 7) is 7.35. The van der Waals surface area contributed by atoms with Gasteiger partial charge in [-0.2, -0.15) is 0 Å². The molecule has 0 saturated carbocycles. The number of hydrogen-bond donors (Lipinski definition) is 0. The van der Waals surface area contributed by atoms with Crippen LogP contribution in [0.4, 0.5) is 0 Å². The number of rotatable bonds is 6. The second-order valence-corrected chi connectivity index (χ2v) is 1.73. The molecule has 0 saturated heterocycles. The molecule has 74 valence electrons. The smallest absolute Gasteiger partial charge is 0.292 e. The van der Waals surface area contributed by atoms with Crippen molar-refractivity contribution < 1.29 is 19.0 Å². The van der Waals surface area contributed by atoms with E-state index in [-0.39, 0.29) is 0 Å². The maximum Gasteiger partial charge on any atom is 0.292 e. The van der Waals surface area contributed by atoms with E-state index in [2.05, 4.69) is 4.74 Å². The van der Waals surface area contributed by atoms with Crippen molar-refractivity contribution in [2.24, 2.45) is 0 Å². The molecule has 4 nitrogen and oxygen atoms in total. The Balaban J connectivity index is 0. The quantitative estimate of drug-likeness (QED) is 0.447. The van der Waals surface area contributed by atoms with Gasteiger partial charge < -0.3 is 14.2 Å². The van der Waals surface area contributed by atoms with Crippen LogP contribution in [-0.4, -0.2) is 40.0 Å². The van der Waals surface area contributed by atoms with Crippen molar-refractivity contribution in [3.63, 3.8) is 0 Å². The third kappa shape index (κ3) is 22.8. The van der Waals surface area contributed by atoms with Crippen LogP contribution in [0.1, 0.15) is 13.8 Å². The van der Waals surface area contributed by atoms with Gasteiger partial charge in [-0.05, 0) is 13.8 Å². The molecule has 0 fully saturated rings. The van der Waals surface area contributed by atoms with Gasteiger partial charge in [-0.1, -0.05) is 0 Å². The summed E-state index contributed by atoms with van der Waals surface area (Å²) in [7, 11) is 1.31. The molecule has 0 amide bonds. The van der Waals surface area contributed by atoms with Gasteiger partial charge in [0.25, 0.3) is 6.47 Å². The normalized spacial score (nSPS) is 8.25. The van der Waals surface area contributed by atoms with Gasteiger partial charge in [-0.3, -0.25) is 4.79 Å². The Morgan fingerprint density at radius 1 is 1.08 bits per heavy atom. The largest absolute Gasteiger partial charge is 0.471 e. The number of carbonyl (C=O) groups excluding carboxylic acids is 1. The Labute approximate surface area is 73.8 Å². The van der Waals surface area contributed by atoms with Crippen molar-refractivity contribution in [3.8, 4) is 0 Å². The van der Waals surface area contributed by atoms with Crippen molar-refractivity contribution in [2.45, 2.75) is 13.8 Å². The molecule has 0 atom stereocenters. The summed E-state index contributed by atoms with van der Waals surface area (Å²) in [6, 6.07) is 0. The Kier molecular flexibility index (Phi) is 19.5. The molecule has 0 aromatic rings. The standard InChI is InChI=1S/C6H14O2.C2H4O2/c1-3-7-5-6-8-4-2;1-4-2-3/h3-6H2,1-2H3;2H,1H3. The van der Waals surface area contributed by atoms with E-state index in [0.29, 0.717) is 6.47 Å². The molecule has 0 aromatic heterocycles. The monoisotopic (exact) mass is 178 g/mol. The highest BCUT2D eigenvalue weighted by molar-refractivity contribution is 5.36. The van der Waals surface area contributed by atoms with Crippen molar-refractivity contribution >= 4 is 6.47 Å².